The summed E-state index contributed by atoms with van der Waals surface area (Å²) in [6, 6.07) is 5.76. The number of benzene rings is 1. The monoisotopic (exact) mass is 424 g/mol. The number of fused-ring (bicyclic) bond motifs is 1. The number of hydrogen-bond donors (Lipinski definition) is 0. The average molecular weight is 425 g/mol. The summed E-state index contributed by atoms with van der Waals surface area (Å²) in [7, 11) is 0. The number of carbonyl (C=O) groups excluding carboxylic acids is 2. The molecule has 1 fully saturated rings. The molecule has 0 atom stereocenters. The van der Waals surface area contributed by atoms with E-state index in [9.17, 15) is 9.59 Å². The minimum atomic E-state index is -0.167. The topological polar surface area (TPSA) is 40.6 Å². The van der Waals surface area contributed by atoms with Gasteiger partial charge in [-0.1, -0.05) is 53.3 Å². The van der Waals surface area contributed by atoms with E-state index in [0.29, 0.717) is 27.9 Å². The summed E-state index contributed by atoms with van der Waals surface area (Å²) in [5.74, 6) is -0.271. The van der Waals surface area contributed by atoms with E-state index in [0.717, 1.165) is 28.6 Å². The van der Waals surface area contributed by atoms with Crippen LogP contribution in [0, 0.1) is 0 Å². The Morgan fingerprint density at radius 2 is 1.92 bits per heavy atom. The molecular weight excluding hydrogens is 408 g/mol. The minimum Gasteiger partial charge on any atom is -0.308 e. The van der Waals surface area contributed by atoms with Gasteiger partial charge in [0.1, 0.15) is 4.32 Å². The third-order valence-corrected chi connectivity index (χ3v) is 6.05. The number of hydrogen-bond acceptors (Lipinski definition) is 4. The Morgan fingerprint density at radius 1 is 1.17 bits per heavy atom. The van der Waals surface area contributed by atoms with Crippen LogP contribution in [0.3, 0.4) is 0 Å². The molecule has 2 aliphatic heterocycles. The predicted molar refractivity (Wildman–Crippen MR) is 106 cm³/mol. The SMILES string of the molecule is CCCCN1C(=O)C(=C2SC(=S)N(CC)C2=O)c2cc(Br)ccc21. The highest BCUT2D eigenvalue weighted by Gasteiger charge is 2.41. The molecule has 0 unspecified atom stereocenters. The van der Waals surface area contributed by atoms with E-state index in [1.165, 1.54) is 11.8 Å². The molecule has 4 nitrogen and oxygen atoms in total. The van der Waals surface area contributed by atoms with Gasteiger partial charge >= 0.3 is 0 Å². The van der Waals surface area contributed by atoms with E-state index < -0.39 is 0 Å². The van der Waals surface area contributed by atoms with Crippen LogP contribution in [-0.4, -0.2) is 34.1 Å². The Balaban J connectivity index is 2.14. The Kier molecular flexibility index (Phi) is 5.13. The molecule has 2 heterocycles. The summed E-state index contributed by atoms with van der Waals surface area (Å²) in [4.78, 5) is 29.5. The quantitative estimate of drug-likeness (QED) is 0.536. The predicted octanol–water partition coefficient (Wildman–Crippen LogP) is 4.19. The fourth-order valence-corrected chi connectivity index (χ4v) is 4.70. The van der Waals surface area contributed by atoms with E-state index in [-0.39, 0.29) is 11.8 Å². The zero-order valence-corrected chi connectivity index (χ0v) is 16.7. The van der Waals surface area contributed by atoms with Gasteiger partial charge in [0.25, 0.3) is 11.8 Å². The molecule has 0 saturated carbocycles. The van der Waals surface area contributed by atoms with Gasteiger partial charge in [-0.25, -0.2) is 0 Å². The second-order valence-corrected chi connectivity index (χ2v) is 8.15. The molecular formula is C17H17BrN2O2S2. The van der Waals surface area contributed by atoms with Gasteiger partial charge < -0.3 is 4.90 Å². The van der Waals surface area contributed by atoms with Crippen LogP contribution in [0.4, 0.5) is 5.69 Å². The number of likely N-dealkylation sites (N-methyl/N-ethyl adjacent to an activating group) is 1. The molecule has 2 aliphatic rings. The molecule has 0 radical (unpaired) electrons. The highest BCUT2D eigenvalue weighted by atomic mass is 79.9. The molecule has 0 bridgehead atoms. The Morgan fingerprint density at radius 3 is 2.54 bits per heavy atom. The van der Waals surface area contributed by atoms with Crippen LogP contribution in [0.2, 0.25) is 0 Å². The van der Waals surface area contributed by atoms with Crippen molar-refractivity contribution < 1.29 is 9.59 Å². The maximum absolute atomic E-state index is 13.0. The number of thioether (sulfide) groups is 1. The zero-order valence-electron chi connectivity index (χ0n) is 13.5. The number of rotatable bonds is 4. The molecule has 7 heteroatoms. The van der Waals surface area contributed by atoms with E-state index >= 15 is 0 Å². The van der Waals surface area contributed by atoms with Crippen molar-refractivity contribution in [3.8, 4) is 0 Å². The van der Waals surface area contributed by atoms with Crippen LogP contribution in [0.25, 0.3) is 5.57 Å². The van der Waals surface area contributed by atoms with E-state index in [4.69, 9.17) is 12.2 Å². The lowest BCUT2D eigenvalue weighted by Crippen LogP contribution is -2.29. The second kappa shape index (κ2) is 6.98. The number of halogens is 1. The molecule has 0 spiro atoms. The first-order valence-corrected chi connectivity index (χ1v) is 9.91. The van der Waals surface area contributed by atoms with Crippen LogP contribution in [0.15, 0.2) is 27.6 Å². The van der Waals surface area contributed by atoms with Crippen molar-refractivity contribution in [1.82, 2.24) is 4.90 Å². The van der Waals surface area contributed by atoms with E-state index in [1.54, 1.807) is 9.80 Å². The summed E-state index contributed by atoms with van der Waals surface area (Å²) >= 11 is 9.98. The molecule has 0 aromatic heterocycles. The molecule has 0 N–H and O–H groups in total. The molecule has 3 rings (SSSR count). The first kappa shape index (κ1) is 17.6. The molecule has 0 aliphatic carbocycles. The number of carbonyl (C=O) groups is 2. The molecule has 24 heavy (non-hydrogen) atoms. The van der Waals surface area contributed by atoms with Crippen molar-refractivity contribution >= 4 is 67.3 Å². The highest BCUT2D eigenvalue weighted by molar-refractivity contribution is 9.10. The van der Waals surface area contributed by atoms with E-state index in [1.807, 2.05) is 25.1 Å². The molecule has 1 aromatic rings. The standard InChI is InChI=1S/C17H17BrN2O2S2/c1-3-5-8-20-12-7-6-10(18)9-11(12)13(15(20)21)14-16(22)19(4-2)17(23)24-14/h6-7,9H,3-5,8H2,1-2H3. The maximum Gasteiger partial charge on any atom is 0.266 e. The molecule has 1 saturated heterocycles. The number of unbranched alkanes of at least 4 members (excludes halogenated alkanes) is 1. The minimum absolute atomic E-state index is 0.104. The van der Waals surface area contributed by atoms with Crippen LogP contribution in [0.5, 0.6) is 0 Å². The number of amides is 2. The van der Waals surface area contributed by atoms with Crippen LogP contribution in [0.1, 0.15) is 32.3 Å². The lowest BCUT2D eigenvalue weighted by atomic mass is 10.1. The summed E-state index contributed by atoms with van der Waals surface area (Å²) < 4.78 is 1.40. The maximum atomic E-state index is 13.0. The van der Waals surface area contributed by atoms with Crippen molar-refractivity contribution in [2.45, 2.75) is 26.7 Å². The van der Waals surface area contributed by atoms with Gasteiger partial charge in [-0.15, -0.1) is 0 Å². The van der Waals surface area contributed by atoms with Crippen molar-refractivity contribution in [1.29, 1.82) is 0 Å². The van der Waals surface area contributed by atoms with Crippen molar-refractivity contribution in [3.63, 3.8) is 0 Å². The van der Waals surface area contributed by atoms with Gasteiger partial charge in [0.05, 0.1) is 16.2 Å². The average Bonchev–Trinajstić information content (AvgIpc) is 2.98. The fourth-order valence-electron chi connectivity index (χ4n) is 2.88. The zero-order chi connectivity index (χ0) is 17.4. The summed E-state index contributed by atoms with van der Waals surface area (Å²) in [6.07, 6.45) is 1.92. The van der Waals surface area contributed by atoms with Gasteiger partial charge in [0, 0.05) is 23.1 Å². The number of anilines is 1. The molecule has 126 valence electrons. The largest absolute Gasteiger partial charge is 0.308 e. The first-order valence-electron chi connectivity index (χ1n) is 7.89. The van der Waals surface area contributed by atoms with Crippen molar-refractivity contribution in [2.75, 3.05) is 18.0 Å². The lowest BCUT2D eigenvalue weighted by Gasteiger charge is -2.16. The van der Waals surface area contributed by atoms with Crippen LogP contribution >= 0.6 is 39.9 Å². The first-order chi connectivity index (χ1) is 11.5. The van der Waals surface area contributed by atoms with Gasteiger partial charge in [-0.2, -0.15) is 0 Å². The summed E-state index contributed by atoms with van der Waals surface area (Å²) in [6.45, 7) is 5.14. The van der Waals surface area contributed by atoms with Crippen molar-refractivity contribution in [3.05, 3.63) is 33.1 Å². The van der Waals surface area contributed by atoms with Gasteiger partial charge in [0.15, 0.2) is 0 Å². The Labute approximate surface area is 159 Å². The Bertz CT molecular complexity index is 776. The third-order valence-electron chi connectivity index (χ3n) is 4.11. The van der Waals surface area contributed by atoms with Crippen LogP contribution < -0.4 is 4.90 Å². The summed E-state index contributed by atoms with van der Waals surface area (Å²) in [5.41, 5.74) is 2.16. The Hall–Kier alpha value is -1.18. The van der Waals surface area contributed by atoms with Gasteiger partial charge in [-0.3, -0.25) is 14.5 Å². The van der Waals surface area contributed by atoms with E-state index in [2.05, 4.69) is 22.9 Å². The third kappa shape index (κ3) is 2.82. The van der Waals surface area contributed by atoms with Crippen molar-refractivity contribution in [2.24, 2.45) is 0 Å². The highest BCUT2D eigenvalue weighted by Crippen LogP contribution is 2.45. The molecule has 2 amide bonds. The smallest absolute Gasteiger partial charge is 0.266 e. The normalized spacial score (nSPS) is 20.4. The fraction of sp³-hybridized carbons (Fsp3) is 0.353. The van der Waals surface area contributed by atoms with Crippen LogP contribution in [-0.2, 0) is 9.59 Å². The lowest BCUT2D eigenvalue weighted by molar-refractivity contribution is -0.122. The molecule has 1 aromatic carbocycles. The summed E-state index contributed by atoms with van der Waals surface area (Å²) in [5, 5.41) is 0. The van der Waals surface area contributed by atoms with Gasteiger partial charge in [-0.05, 0) is 31.5 Å². The number of nitrogens with zero attached hydrogens (tertiary/aromatic N) is 2. The number of thiocarbonyl (C=S) groups is 1. The second-order valence-electron chi connectivity index (χ2n) is 5.59. The van der Waals surface area contributed by atoms with Gasteiger partial charge in [0.2, 0.25) is 0 Å².